The molecule has 0 radical (unpaired) electrons. The van der Waals surface area contributed by atoms with Gasteiger partial charge in [0.25, 0.3) is 17.6 Å². The van der Waals surface area contributed by atoms with Crippen LogP contribution in [0.1, 0.15) is 22.7 Å². The third-order valence-corrected chi connectivity index (χ3v) is 5.73. The van der Waals surface area contributed by atoms with E-state index in [-0.39, 0.29) is 24.5 Å². The SMILES string of the molecule is C=CCOc1ccc(C(O)=C2C(=O)C(=O)N(CCN(C)C)C2c2ccc(OCC(N)=O)cc2)c(C)c1. The van der Waals surface area contributed by atoms with Crippen molar-refractivity contribution in [2.75, 3.05) is 40.4 Å². The highest BCUT2D eigenvalue weighted by atomic mass is 16.5. The number of benzene rings is 2. The van der Waals surface area contributed by atoms with Crippen LogP contribution in [0, 0.1) is 6.92 Å². The number of rotatable bonds is 11. The van der Waals surface area contributed by atoms with E-state index in [0.717, 1.165) is 0 Å². The molecule has 1 aliphatic rings. The van der Waals surface area contributed by atoms with E-state index in [1.165, 1.54) is 4.90 Å². The number of Topliss-reactive ketones (excluding diaryl/α,β-unsaturated/α-hetero) is 1. The maximum absolute atomic E-state index is 13.2. The molecule has 190 valence electrons. The summed E-state index contributed by atoms with van der Waals surface area (Å²) in [6, 6.07) is 10.9. The number of hydrogen-bond donors (Lipinski definition) is 2. The normalized spacial score (nSPS) is 16.9. The highest BCUT2D eigenvalue weighted by Crippen LogP contribution is 2.40. The van der Waals surface area contributed by atoms with Gasteiger partial charge in [-0.15, -0.1) is 0 Å². The van der Waals surface area contributed by atoms with Gasteiger partial charge in [0.15, 0.2) is 6.61 Å². The Kier molecular flexibility index (Phi) is 8.50. The molecule has 0 spiro atoms. The van der Waals surface area contributed by atoms with E-state index in [2.05, 4.69) is 6.58 Å². The van der Waals surface area contributed by atoms with Crippen LogP contribution in [0.15, 0.2) is 60.7 Å². The highest BCUT2D eigenvalue weighted by Gasteiger charge is 2.46. The van der Waals surface area contributed by atoms with Crippen LogP contribution in [-0.2, 0) is 14.4 Å². The number of nitrogens with zero attached hydrogens (tertiary/aromatic N) is 2. The molecule has 1 atom stereocenters. The first-order chi connectivity index (χ1) is 17.1. The van der Waals surface area contributed by atoms with Crippen molar-refractivity contribution in [3.8, 4) is 11.5 Å². The van der Waals surface area contributed by atoms with E-state index in [1.54, 1.807) is 55.5 Å². The van der Waals surface area contributed by atoms with Gasteiger partial charge in [-0.05, 0) is 62.5 Å². The summed E-state index contributed by atoms with van der Waals surface area (Å²) in [5, 5.41) is 11.3. The van der Waals surface area contributed by atoms with Crippen LogP contribution in [-0.4, -0.2) is 72.9 Å². The lowest BCUT2D eigenvalue weighted by molar-refractivity contribution is -0.140. The molecule has 1 saturated heterocycles. The van der Waals surface area contributed by atoms with Crippen molar-refractivity contribution in [3.63, 3.8) is 0 Å². The molecule has 1 unspecified atom stereocenters. The van der Waals surface area contributed by atoms with Gasteiger partial charge in [-0.25, -0.2) is 0 Å². The summed E-state index contributed by atoms with van der Waals surface area (Å²) in [5.41, 5.74) is 6.87. The molecular formula is C27H31N3O6. The van der Waals surface area contributed by atoms with Crippen LogP contribution in [0.4, 0.5) is 0 Å². The Morgan fingerprint density at radius 2 is 1.81 bits per heavy atom. The van der Waals surface area contributed by atoms with Gasteiger partial charge in [-0.3, -0.25) is 14.4 Å². The summed E-state index contributed by atoms with van der Waals surface area (Å²) in [4.78, 5) is 40.6. The molecule has 3 rings (SSSR count). The van der Waals surface area contributed by atoms with Crippen LogP contribution in [0.2, 0.25) is 0 Å². The van der Waals surface area contributed by atoms with E-state index in [4.69, 9.17) is 15.2 Å². The van der Waals surface area contributed by atoms with E-state index in [9.17, 15) is 19.5 Å². The number of hydrogen-bond acceptors (Lipinski definition) is 7. The number of aliphatic hydroxyl groups is 1. The van der Waals surface area contributed by atoms with Crippen molar-refractivity contribution < 1.29 is 29.0 Å². The average molecular weight is 494 g/mol. The summed E-state index contributed by atoms with van der Waals surface area (Å²) in [6.45, 7) is 6.29. The fourth-order valence-corrected chi connectivity index (χ4v) is 3.96. The largest absolute Gasteiger partial charge is 0.507 e. The Labute approximate surface area is 210 Å². The van der Waals surface area contributed by atoms with Gasteiger partial charge in [0.05, 0.1) is 11.6 Å². The standard InChI is InChI=1S/C27H31N3O6/c1-5-14-35-20-10-11-21(17(2)15-20)25(32)23-24(30(13-12-29(3)4)27(34)26(23)33)18-6-8-19(9-7-18)36-16-22(28)31/h5-11,15,24,32H,1,12-14,16H2,2-4H3,(H2,28,31). The Hall–Kier alpha value is -4.11. The maximum Gasteiger partial charge on any atom is 0.295 e. The Morgan fingerprint density at radius 3 is 2.39 bits per heavy atom. The molecule has 0 saturated carbocycles. The Morgan fingerprint density at radius 1 is 1.14 bits per heavy atom. The van der Waals surface area contributed by atoms with E-state index < -0.39 is 23.6 Å². The fraction of sp³-hybridized carbons (Fsp3) is 0.296. The van der Waals surface area contributed by atoms with Crippen LogP contribution in [0.5, 0.6) is 11.5 Å². The minimum atomic E-state index is -0.800. The van der Waals surface area contributed by atoms with Crippen molar-refractivity contribution in [1.29, 1.82) is 0 Å². The van der Waals surface area contributed by atoms with E-state index >= 15 is 0 Å². The highest BCUT2D eigenvalue weighted by molar-refractivity contribution is 6.46. The Bertz CT molecular complexity index is 1190. The third kappa shape index (κ3) is 5.92. The van der Waals surface area contributed by atoms with Crippen LogP contribution in [0.25, 0.3) is 5.76 Å². The lowest BCUT2D eigenvalue weighted by Crippen LogP contribution is -2.35. The minimum Gasteiger partial charge on any atom is -0.507 e. The van der Waals surface area contributed by atoms with Crippen molar-refractivity contribution in [2.24, 2.45) is 5.73 Å². The summed E-state index contributed by atoms with van der Waals surface area (Å²) in [7, 11) is 3.74. The number of carbonyl (C=O) groups excluding carboxylic acids is 3. The molecule has 0 aliphatic carbocycles. The summed E-state index contributed by atoms with van der Waals surface area (Å²) < 4.78 is 10.9. The summed E-state index contributed by atoms with van der Waals surface area (Å²) in [5.74, 6) is -1.29. The molecule has 9 heteroatoms. The zero-order chi connectivity index (χ0) is 26.4. The number of carbonyl (C=O) groups is 3. The number of aliphatic hydroxyl groups excluding tert-OH is 1. The average Bonchev–Trinajstić information content (AvgIpc) is 3.09. The quantitative estimate of drug-likeness (QED) is 0.213. The fourth-order valence-electron chi connectivity index (χ4n) is 3.96. The first-order valence-electron chi connectivity index (χ1n) is 11.4. The number of amides is 2. The minimum absolute atomic E-state index is 0.00687. The van der Waals surface area contributed by atoms with Gasteiger partial charge in [0.1, 0.15) is 23.9 Å². The second-order valence-corrected chi connectivity index (χ2v) is 8.70. The Balaban J connectivity index is 2.06. The monoisotopic (exact) mass is 493 g/mol. The van der Waals surface area contributed by atoms with Gasteiger partial charge in [-0.2, -0.15) is 0 Å². The lowest BCUT2D eigenvalue weighted by Gasteiger charge is -2.26. The zero-order valence-corrected chi connectivity index (χ0v) is 20.7. The van der Waals surface area contributed by atoms with Gasteiger partial charge in [0, 0.05) is 18.7 Å². The smallest absolute Gasteiger partial charge is 0.295 e. The molecule has 0 bridgehead atoms. The number of nitrogens with two attached hydrogens (primary N) is 1. The van der Waals surface area contributed by atoms with Crippen LogP contribution in [0.3, 0.4) is 0 Å². The predicted molar refractivity (Wildman–Crippen MR) is 136 cm³/mol. The maximum atomic E-state index is 13.2. The number of primary amides is 1. The second kappa shape index (κ2) is 11.5. The molecule has 1 fully saturated rings. The van der Waals surface area contributed by atoms with Crippen molar-refractivity contribution >= 4 is 23.4 Å². The number of ether oxygens (including phenoxy) is 2. The molecule has 2 aromatic rings. The summed E-state index contributed by atoms with van der Waals surface area (Å²) >= 11 is 0. The molecule has 1 aliphatic heterocycles. The first kappa shape index (κ1) is 26.5. The zero-order valence-electron chi connectivity index (χ0n) is 20.7. The molecule has 0 aromatic heterocycles. The van der Waals surface area contributed by atoms with Crippen molar-refractivity contribution in [2.45, 2.75) is 13.0 Å². The number of likely N-dealkylation sites (N-methyl/N-ethyl adjacent to an activating group) is 1. The lowest BCUT2D eigenvalue weighted by atomic mass is 9.94. The predicted octanol–water partition coefficient (Wildman–Crippen LogP) is 2.41. The molecule has 36 heavy (non-hydrogen) atoms. The first-order valence-corrected chi connectivity index (χ1v) is 11.4. The van der Waals surface area contributed by atoms with Gasteiger partial charge in [0.2, 0.25) is 0 Å². The topological polar surface area (TPSA) is 122 Å². The van der Waals surface area contributed by atoms with Crippen LogP contribution >= 0.6 is 0 Å². The van der Waals surface area contributed by atoms with Gasteiger partial charge < -0.3 is 30.1 Å². The van der Waals surface area contributed by atoms with Crippen molar-refractivity contribution in [1.82, 2.24) is 9.80 Å². The molecule has 1 heterocycles. The molecular weight excluding hydrogens is 462 g/mol. The molecule has 9 nitrogen and oxygen atoms in total. The summed E-state index contributed by atoms with van der Waals surface area (Å²) in [6.07, 6.45) is 1.63. The van der Waals surface area contributed by atoms with Crippen molar-refractivity contribution in [3.05, 3.63) is 77.4 Å². The second-order valence-electron chi connectivity index (χ2n) is 8.70. The van der Waals surface area contributed by atoms with E-state index in [1.807, 2.05) is 19.0 Å². The van der Waals surface area contributed by atoms with Crippen LogP contribution < -0.4 is 15.2 Å². The third-order valence-electron chi connectivity index (χ3n) is 5.73. The molecule has 2 amide bonds. The molecule has 2 aromatic carbocycles. The number of aryl methyl sites for hydroxylation is 1. The van der Waals surface area contributed by atoms with E-state index in [0.29, 0.717) is 41.3 Å². The number of likely N-dealkylation sites (tertiary alicyclic amines) is 1. The van der Waals surface area contributed by atoms with Gasteiger partial charge in [-0.1, -0.05) is 24.8 Å². The molecule has 3 N–H and O–H groups in total. The number of ketones is 1. The van der Waals surface area contributed by atoms with Gasteiger partial charge >= 0.3 is 0 Å².